The number of aromatic amines is 1. The first-order chi connectivity index (χ1) is 11.8. The average Bonchev–Trinajstić information content (AvgIpc) is 3.29. The summed E-state index contributed by atoms with van der Waals surface area (Å²) in [7, 11) is 3.38. The van der Waals surface area contributed by atoms with E-state index in [0.29, 0.717) is 5.92 Å². The molecule has 5 nitrogen and oxygen atoms in total. The van der Waals surface area contributed by atoms with Gasteiger partial charge < -0.3 is 19.4 Å². The fraction of sp³-hybridized carbons (Fsp3) is 0.316. The molecule has 1 N–H and O–H groups in total. The van der Waals surface area contributed by atoms with Gasteiger partial charge in [-0.1, -0.05) is 12.1 Å². The largest absolute Gasteiger partial charge is 0.493 e. The van der Waals surface area contributed by atoms with Crippen LogP contribution in [0.2, 0.25) is 0 Å². The van der Waals surface area contributed by atoms with Gasteiger partial charge in [0.15, 0.2) is 11.5 Å². The van der Waals surface area contributed by atoms with Crippen LogP contribution in [-0.2, 0) is 0 Å². The van der Waals surface area contributed by atoms with Crippen LogP contribution in [0.4, 0.5) is 5.82 Å². The number of para-hydroxylation sites is 1. The summed E-state index contributed by atoms with van der Waals surface area (Å²) in [6, 6.07) is 12.4. The molecule has 0 unspecified atom stereocenters. The fourth-order valence-electron chi connectivity index (χ4n) is 3.55. The Morgan fingerprint density at radius 1 is 1.12 bits per heavy atom. The summed E-state index contributed by atoms with van der Waals surface area (Å²) in [4.78, 5) is 10.3. The van der Waals surface area contributed by atoms with Gasteiger partial charge in [-0.3, -0.25) is 0 Å². The second kappa shape index (κ2) is 6.07. The van der Waals surface area contributed by atoms with Gasteiger partial charge in [-0.05, 0) is 30.7 Å². The number of nitrogens with zero attached hydrogens (tertiary/aromatic N) is 2. The van der Waals surface area contributed by atoms with Gasteiger partial charge in [0.1, 0.15) is 11.5 Å². The van der Waals surface area contributed by atoms with Crippen LogP contribution in [0.1, 0.15) is 17.9 Å². The Morgan fingerprint density at radius 2 is 2.04 bits per heavy atom. The van der Waals surface area contributed by atoms with E-state index in [1.807, 2.05) is 24.4 Å². The number of aromatic nitrogens is 2. The third-order valence-corrected chi connectivity index (χ3v) is 4.78. The molecular formula is C19H21N3O2. The topological polar surface area (TPSA) is 50.4 Å². The normalized spacial score (nSPS) is 17.4. The Morgan fingerprint density at radius 3 is 2.88 bits per heavy atom. The number of ether oxygens (including phenoxy) is 2. The number of H-pyrrole nitrogens is 1. The molecule has 0 aliphatic carbocycles. The van der Waals surface area contributed by atoms with Crippen LogP contribution in [0.3, 0.4) is 0 Å². The molecule has 0 radical (unpaired) electrons. The molecule has 1 aromatic carbocycles. The standard InChI is InChI=1S/C19H21N3O2/c1-23-16-5-3-4-15(18(16)24-2)14-9-11-22(12-14)17-7-6-13-8-10-20-19(13)21-17/h3-8,10,14H,9,11-12H2,1-2H3,(H,20,21)/t14-/m0/s1. The molecule has 124 valence electrons. The molecule has 0 amide bonds. The predicted molar refractivity (Wildman–Crippen MR) is 95.2 cm³/mol. The molecular weight excluding hydrogens is 302 g/mol. The van der Waals surface area contributed by atoms with Crippen molar-refractivity contribution in [1.29, 1.82) is 0 Å². The van der Waals surface area contributed by atoms with Crippen molar-refractivity contribution < 1.29 is 9.47 Å². The smallest absolute Gasteiger partial charge is 0.164 e. The number of methoxy groups -OCH3 is 2. The lowest BCUT2D eigenvalue weighted by Gasteiger charge is -2.19. The minimum Gasteiger partial charge on any atom is -0.493 e. The third-order valence-electron chi connectivity index (χ3n) is 4.78. The van der Waals surface area contributed by atoms with Crippen LogP contribution in [0.15, 0.2) is 42.6 Å². The van der Waals surface area contributed by atoms with Gasteiger partial charge in [0.05, 0.1) is 14.2 Å². The molecule has 24 heavy (non-hydrogen) atoms. The van der Waals surface area contributed by atoms with Crippen molar-refractivity contribution in [3.05, 3.63) is 48.2 Å². The Kier molecular flexibility index (Phi) is 3.76. The molecule has 1 fully saturated rings. The van der Waals surface area contributed by atoms with E-state index in [4.69, 9.17) is 14.5 Å². The number of benzene rings is 1. The summed E-state index contributed by atoms with van der Waals surface area (Å²) in [5.41, 5.74) is 2.15. The molecule has 3 heterocycles. The van der Waals surface area contributed by atoms with Crippen LogP contribution in [-0.4, -0.2) is 37.3 Å². The summed E-state index contributed by atoms with van der Waals surface area (Å²) in [6.45, 7) is 1.92. The quantitative estimate of drug-likeness (QED) is 0.797. The zero-order valence-electron chi connectivity index (χ0n) is 14.0. The maximum absolute atomic E-state index is 5.60. The molecule has 1 aliphatic rings. The highest BCUT2D eigenvalue weighted by molar-refractivity contribution is 5.77. The van der Waals surface area contributed by atoms with Crippen molar-refractivity contribution in [3.8, 4) is 11.5 Å². The lowest BCUT2D eigenvalue weighted by molar-refractivity contribution is 0.350. The lowest BCUT2D eigenvalue weighted by Crippen LogP contribution is -2.20. The van der Waals surface area contributed by atoms with Gasteiger partial charge in [0, 0.05) is 36.2 Å². The van der Waals surface area contributed by atoms with E-state index in [2.05, 4.69) is 28.1 Å². The molecule has 0 spiro atoms. The Hall–Kier alpha value is -2.69. The maximum Gasteiger partial charge on any atom is 0.164 e. The number of anilines is 1. The van der Waals surface area contributed by atoms with E-state index in [0.717, 1.165) is 47.9 Å². The Balaban J connectivity index is 1.60. The first kappa shape index (κ1) is 14.9. The summed E-state index contributed by atoms with van der Waals surface area (Å²) in [5, 5.41) is 1.14. The van der Waals surface area contributed by atoms with Crippen LogP contribution in [0.5, 0.6) is 11.5 Å². The minimum atomic E-state index is 0.413. The zero-order chi connectivity index (χ0) is 16.5. The van der Waals surface area contributed by atoms with Crippen LogP contribution < -0.4 is 14.4 Å². The Labute approximate surface area is 141 Å². The molecule has 1 atom stereocenters. The van der Waals surface area contributed by atoms with Crippen LogP contribution in [0, 0.1) is 0 Å². The van der Waals surface area contributed by atoms with Gasteiger partial charge >= 0.3 is 0 Å². The predicted octanol–water partition coefficient (Wildman–Crippen LogP) is 3.57. The van der Waals surface area contributed by atoms with Crippen molar-refractivity contribution in [3.63, 3.8) is 0 Å². The van der Waals surface area contributed by atoms with E-state index in [1.165, 1.54) is 5.56 Å². The number of nitrogens with one attached hydrogen (secondary N) is 1. The summed E-state index contributed by atoms with van der Waals surface area (Å²) >= 11 is 0. The molecule has 1 aliphatic heterocycles. The van der Waals surface area contributed by atoms with Gasteiger partial charge in [-0.15, -0.1) is 0 Å². The number of pyridine rings is 1. The van der Waals surface area contributed by atoms with E-state index in [-0.39, 0.29) is 0 Å². The van der Waals surface area contributed by atoms with Gasteiger partial charge in [-0.25, -0.2) is 4.98 Å². The number of fused-ring (bicyclic) bond motifs is 1. The molecule has 5 heteroatoms. The van der Waals surface area contributed by atoms with Crippen molar-refractivity contribution in [1.82, 2.24) is 9.97 Å². The third kappa shape index (κ3) is 2.46. The average molecular weight is 323 g/mol. The first-order valence-corrected chi connectivity index (χ1v) is 8.20. The van der Waals surface area contributed by atoms with Crippen molar-refractivity contribution >= 4 is 16.9 Å². The molecule has 0 saturated carbocycles. The van der Waals surface area contributed by atoms with Gasteiger partial charge in [0.25, 0.3) is 0 Å². The molecule has 0 bridgehead atoms. The first-order valence-electron chi connectivity index (χ1n) is 8.20. The molecule has 3 aromatic rings. The fourth-order valence-corrected chi connectivity index (χ4v) is 3.55. The molecule has 2 aromatic heterocycles. The number of hydrogen-bond donors (Lipinski definition) is 1. The van der Waals surface area contributed by atoms with E-state index < -0.39 is 0 Å². The highest BCUT2D eigenvalue weighted by Gasteiger charge is 2.28. The maximum atomic E-state index is 5.60. The van der Waals surface area contributed by atoms with Gasteiger partial charge in [0.2, 0.25) is 0 Å². The van der Waals surface area contributed by atoms with Crippen LogP contribution in [0.25, 0.3) is 11.0 Å². The van der Waals surface area contributed by atoms with E-state index in [1.54, 1.807) is 14.2 Å². The lowest BCUT2D eigenvalue weighted by atomic mass is 9.97. The van der Waals surface area contributed by atoms with Gasteiger partial charge in [-0.2, -0.15) is 0 Å². The number of rotatable bonds is 4. The zero-order valence-corrected chi connectivity index (χ0v) is 14.0. The second-order valence-corrected chi connectivity index (χ2v) is 6.10. The van der Waals surface area contributed by atoms with Crippen molar-refractivity contribution in [2.24, 2.45) is 0 Å². The summed E-state index contributed by atoms with van der Waals surface area (Å²) in [6.07, 6.45) is 3.00. The second-order valence-electron chi connectivity index (χ2n) is 6.10. The SMILES string of the molecule is COc1cccc([C@H]2CCN(c3ccc4cc[nH]c4n3)C2)c1OC. The van der Waals surface area contributed by atoms with Crippen molar-refractivity contribution in [2.75, 3.05) is 32.2 Å². The molecule has 4 rings (SSSR count). The summed E-state index contributed by atoms with van der Waals surface area (Å²) < 4.78 is 11.0. The van der Waals surface area contributed by atoms with E-state index in [9.17, 15) is 0 Å². The number of hydrogen-bond acceptors (Lipinski definition) is 4. The minimum absolute atomic E-state index is 0.413. The van der Waals surface area contributed by atoms with Crippen molar-refractivity contribution in [2.45, 2.75) is 12.3 Å². The van der Waals surface area contributed by atoms with E-state index >= 15 is 0 Å². The van der Waals surface area contributed by atoms with Crippen LogP contribution >= 0.6 is 0 Å². The highest BCUT2D eigenvalue weighted by Crippen LogP contribution is 2.40. The molecule has 1 saturated heterocycles. The summed E-state index contributed by atoms with van der Waals surface area (Å²) in [5.74, 6) is 3.07. The Bertz CT molecular complexity index is 859. The highest BCUT2D eigenvalue weighted by atomic mass is 16.5. The monoisotopic (exact) mass is 323 g/mol.